The van der Waals surface area contributed by atoms with Crippen molar-refractivity contribution in [1.29, 1.82) is 0 Å². The standard InChI is InChI=1S/C46H63NO5S3Si/c1-43(2,3)55(48,49)47-41(35-51-46(38-24-15-10-16-25-38,39-26-17-11-18-27-39)40-28-19-12-20-29-40)32-45(53-30-21-31-54-45)33-42(52-56(7,8)44(4,5)6)36-50-34-37-22-13-9-14-23-37/h9-20,22-29,41-42,47H,21,30-36H2,1-8H3/t41-,42+/m1/s1. The summed E-state index contributed by atoms with van der Waals surface area (Å²) in [7, 11) is -5.96. The monoisotopic (exact) mass is 833 g/mol. The molecule has 0 spiro atoms. The van der Waals surface area contributed by atoms with Gasteiger partial charge in [-0.05, 0) is 91.9 Å². The van der Waals surface area contributed by atoms with Crippen LogP contribution < -0.4 is 4.72 Å². The van der Waals surface area contributed by atoms with Gasteiger partial charge in [0, 0.05) is 6.04 Å². The molecule has 6 nitrogen and oxygen atoms in total. The van der Waals surface area contributed by atoms with Crippen LogP contribution in [0.2, 0.25) is 18.1 Å². The highest BCUT2D eigenvalue weighted by atomic mass is 32.2. The third-order valence-electron chi connectivity index (χ3n) is 11.0. The van der Waals surface area contributed by atoms with Crippen LogP contribution in [0.5, 0.6) is 0 Å². The molecule has 5 rings (SSSR count). The Morgan fingerprint density at radius 1 is 0.696 bits per heavy atom. The van der Waals surface area contributed by atoms with Gasteiger partial charge in [0.1, 0.15) is 5.60 Å². The molecule has 1 fully saturated rings. The van der Waals surface area contributed by atoms with Crippen LogP contribution in [0.25, 0.3) is 0 Å². The molecule has 0 aromatic heterocycles. The second-order valence-electron chi connectivity index (χ2n) is 17.4. The van der Waals surface area contributed by atoms with E-state index in [9.17, 15) is 8.42 Å². The fourth-order valence-corrected chi connectivity index (χ4v) is 12.7. The van der Waals surface area contributed by atoms with Gasteiger partial charge in [-0.1, -0.05) is 142 Å². The number of sulfonamides is 1. The van der Waals surface area contributed by atoms with Crippen LogP contribution in [-0.2, 0) is 36.1 Å². The number of hydrogen-bond donors (Lipinski definition) is 1. The van der Waals surface area contributed by atoms with Gasteiger partial charge in [-0.15, -0.1) is 23.5 Å². The first-order chi connectivity index (χ1) is 26.5. The molecule has 10 heteroatoms. The summed E-state index contributed by atoms with van der Waals surface area (Å²) in [6.45, 7) is 17.8. The summed E-state index contributed by atoms with van der Waals surface area (Å²) in [4.78, 5) is 0. The molecule has 0 bridgehead atoms. The predicted octanol–water partition coefficient (Wildman–Crippen LogP) is 11.0. The Labute approximate surface area is 347 Å². The Kier molecular flexibility index (Phi) is 15.2. The Bertz CT molecular complexity index is 1780. The first-order valence-corrected chi connectivity index (χ1v) is 26.2. The summed E-state index contributed by atoms with van der Waals surface area (Å²) < 4.78 is 51.1. The van der Waals surface area contributed by atoms with Gasteiger partial charge < -0.3 is 13.9 Å². The van der Waals surface area contributed by atoms with Crippen LogP contribution in [0.15, 0.2) is 121 Å². The summed E-state index contributed by atoms with van der Waals surface area (Å²) in [5.74, 6) is 1.98. The van der Waals surface area contributed by atoms with Crippen LogP contribution in [0.3, 0.4) is 0 Å². The second kappa shape index (κ2) is 19.1. The van der Waals surface area contributed by atoms with Gasteiger partial charge in [-0.25, -0.2) is 13.1 Å². The van der Waals surface area contributed by atoms with E-state index in [2.05, 4.69) is 87.1 Å². The molecular formula is C46H63NO5S3Si. The average molecular weight is 834 g/mol. The highest BCUT2D eigenvalue weighted by Gasteiger charge is 2.46. The molecule has 304 valence electrons. The van der Waals surface area contributed by atoms with Crippen LogP contribution >= 0.6 is 23.5 Å². The van der Waals surface area contributed by atoms with E-state index in [0.29, 0.717) is 19.6 Å². The Hall–Kier alpha value is -2.41. The third kappa shape index (κ3) is 11.4. The molecule has 1 heterocycles. The van der Waals surface area contributed by atoms with Crippen molar-refractivity contribution in [3.63, 3.8) is 0 Å². The summed E-state index contributed by atoms with van der Waals surface area (Å²) in [6, 6.07) is 40.6. The highest BCUT2D eigenvalue weighted by Crippen LogP contribution is 2.51. The minimum Gasteiger partial charge on any atom is -0.412 e. The minimum absolute atomic E-state index is 0.0130. The summed E-state index contributed by atoms with van der Waals surface area (Å²) in [5, 5.41) is 0.0130. The largest absolute Gasteiger partial charge is 0.412 e. The van der Waals surface area contributed by atoms with Gasteiger partial charge >= 0.3 is 0 Å². The number of benzene rings is 4. The molecule has 0 aliphatic carbocycles. The zero-order valence-electron chi connectivity index (χ0n) is 34.6. The lowest BCUT2D eigenvalue weighted by molar-refractivity contribution is -0.000170. The summed E-state index contributed by atoms with van der Waals surface area (Å²) in [5.41, 5.74) is 3.06. The molecule has 0 radical (unpaired) electrons. The van der Waals surface area contributed by atoms with E-state index in [1.807, 2.05) is 96.3 Å². The van der Waals surface area contributed by atoms with E-state index in [4.69, 9.17) is 13.9 Å². The zero-order chi connectivity index (χ0) is 40.5. The van der Waals surface area contributed by atoms with Crippen LogP contribution in [0, 0.1) is 0 Å². The van der Waals surface area contributed by atoms with Gasteiger partial charge in [-0.2, -0.15) is 0 Å². The first-order valence-electron chi connectivity index (χ1n) is 19.9. The molecule has 0 unspecified atom stereocenters. The number of hydrogen-bond acceptors (Lipinski definition) is 7. The van der Waals surface area contributed by atoms with Crippen molar-refractivity contribution in [3.05, 3.63) is 144 Å². The third-order valence-corrected chi connectivity index (χ3v) is 21.2. The lowest BCUT2D eigenvalue weighted by atomic mass is 9.80. The fourth-order valence-electron chi connectivity index (χ4n) is 6.79. The molecule has 4 aromatic rings. The van der Waals surface area contributed by atoms with Crippen LogP contribution in [0.1, 0.15) is 83.1 Å². The maximum Gasteiger partial charge on any atom is 0.216 e. The van der Waals surface area contributed by atoms with E-state index in [0.717, 1.165) is 46.6 Å². The van der Waals surface area contributed by atoms with Crippen molar-refractivity contribution in [2.24, 2.45) is 0 Å². The van der Waals surface area contributed by atoms with E-state index in [1.165, 1.54) is 0 Å². The lowest BCUT2D eigenvalue weighted by Crippen LogP contribution is -2.51. The SMILES string of the molecule is CC(C)(C)[Si](C)(C)O[C@H](COCc1ccccc1)CC1(C[C@H](COC(c2ccccc2)(c2ccccc2)c2ccccc2)NS(=O)(=O)C(C)(C)C)SCCCS1. The molecule has 0 amide bonds. The van der Waals surface area contributed by atoms with Crippen LogP contribution in [0.4, 0.5) is 0 Å². The van der Waals surface area contributed by atoms with E-state index in [1.54, 1.807) is 20.8 Å². The van der Waals surface area contributed by atoms with E-state index in [-0.39, 0.29) is 21.8 Å². The van der Waals surface area contributed by atoms with Crippen molar-refractivity contribution in [3.8, 4) is 0 Å². The Morgan fingerprint density at radius 3 is 1.61 bits per heavy atom. The number of nitrogens with one attached hydrogen (secondary N) is 1. The predicted molar refractivity (Wildman–Crippen MR) is 240 cm³/mol. The maximum absolute atomic E-state index is 14.1. The quantitative estimate of drug-likeness (QED) is 0.0790. The average Bonchev–Trinajstić information content (AvgIpc) is 3.16. The number of thioether (sulfide) groups is 2. The van der Waals surface area contributed by atoms with Crippen molar-refractivity contribution in [2.75, 3.05) is 24.7 Å². The fraction of sp³-hybridized carbons (Fsp3) is 0.478. The van der Waals surface area contributed by atoms with Gasteiger partial charge in [-0.3, -0.25) is 0 Å². The van der Waals surface area contributed by atoms with E-state index >= 15 is 0 Å². The first kappa shape index (κ1) is 44.7. The normalized spacial score (nSPS) is 16.6. The van der Waals surface area contributed by atoms with Gasteiger partial charge in [0.25, 0.3) is 0 Å². The number of rotatable bonds is 18. The van der Waals surface area contributed by atoms with Gasteiger partial charge in [0.15, 0.2) is 8.32 Å². The number of ether oxygens (including phenoxy) is 2. The van der Waals surface area contributed by atoms with Gasteiger partial charge in [0.05, 0.1) is 34.8 Å². The zero-order valence-corrected chi connectivity index (χ0v) is 38.1. The molecule has 1 N–H and O–H groups in total. The second-order valence-corrected chi connectivity index (χ2v) is 27.8. The Morgan fingerprint density at radius 2 is 1.16 bits per heavy atom. The molecule has 1 saturated heterocycles. The molecular weight excluding hydrogens is 771 g/mol. The van der Waals surface area contributed by atoms with Crippen LogP contribution in [-0.4, -0.2) is 62.4 Å². The topological polar surface area (TPSA) is 73.9 Å². The van der Waals surface area contributed by atoms with Crippen molar-refractivity contribution >= 4 is 41.9 Å². The van der Waals surface area contributed by atoms with E-state index < -0.39 is 34.7 Å². The molecule has 4 aromatic carbocycles. The molecule has 1 aliphatic heterocycles. The van der Waals surface area contributed by atoms with Gasteiger partial charge in [0.2, 0.25) is 10.0 Å². The molecule has 2 atom stereocenters. The van der Waals surface area contributed by atoms with Crippen molar-refractivity contribution < 1.29 is 22.3 Å². The molecule has 0 saturated carbocycles. The molecule has 56 heavy (non-hydrogen) atoms. The smallest absolute Gasteiger partial charge is 0.216 e. The highest BCUT2D eigenvalue weighted by molar-refractivity contribution is 8.18. The van der Waals surface area contributed by atoms with Crippen molar-refractivity contribution in [1.82, 2.24) is 4.72 Å². The molecule has 1 aliphatic rings. The lowest BCUT2D eigenvalue weighted by Gasteiger charge is -2.45. The maximum atomic E-state index is 14.1. The Balaban J connectivity index is 1.54. The summed E-state index contributed by atoms with van der Waals surface area (Å²) in [6.07, 6.45) is 2.21. The van der Waals surface area contributed by atoms with Crippen molar-refractivity contribution in [2.45, 2.75) is 112 Å². The summed E-state index contributed by atoms with van der Waals surface area (Å²) >= 11 is 3.88. The minimum atomic E-state index is -3.76.